The molecule has 0 fully saturated rings. The summed E-state index contributed by atoms with van der Waals surface area (Å²) in [4.78, 5) is 23.3. The number of hydrogen-bond donors (Lipinski definition) is 2. The minimum Gasteiger partial charge on any atom is -0.352 e. The van der Waals surface area contributed by atoms with Crippen molar-refractivity contribution in [2.45, 2.75) is 19.9 Å². The summed E-state index contributed by atoms with van der Waals surface area (Å²) >= 11 is 0. The quantitative estimate of drug-likeness (QED) is 0.749. The van der Waals surface area contributed by atoms with Crippen LogP contribution in [0.1, 0.15) is 18.1 Å². The first-order chi connectivity index (χ1) is 12.1. The van der Waals surface area contributed by atoms with Gasteiger partial charge in [-0.1, -0.05) is 54.6 Å². The van der Waals surface area contributed by atoms with Gasteiger partial charge in [0.05, 0.1) is 6.42 Å². The molecule has 0 spiro atoms. The number of carbonyl (C=O) groups is 2. The van der Waals surface area contributed by atoms with Gasteiger partial charge in [-0.3, -0.25) is 9.59 Å². The van der Waals surface area contributed by atoms with Crippen molar-refractivity contribution < 1.29 is 9.59 Å². The Morgan fingerprint density at radius 2 is 1.60 bits per heavy atom. The van der Waals surface area contributed by atoms with E-state index in [-0.39, 0.29) is 11.8 Å². The monoisotopic (exact) mass is 332 g/mol. The number of carbonyl (C=O) groups excluding carboxylic acids is 2. The van der Waals surface area contributed by atoms with Gasteiger partial charge in [0.15, 0.2) is 0 Å². The second-order valence-corrected chi connectivity index (χ2v) is 5.97. The van der Waals surface area contributed by atoms with E-state index in [9.17, 15) is 9.59 Å². The van der Waals surface area contributed by atoms with Crippen LogP contribution in [0.2, 0.25) is 0 Å². The van der Waals surface area contributed by atoms with Gasteiger partial charge in [-0.2, -0.15) is 0 Å². The first-order valence-electron chi connectivity index (χ1n) is 8.22. The Kier molecular flexibility index (Phi) is 5.09. The number of anilines is 1. The fourth-order valence-corrected chi connectivity index (χ4v) is 2.79. The van der Waals surface area contributed by atoms with Crippen LogP contribution in [0.4, 0.5) is 5.69 Å². The van der Waals surface area contributed by atoms with Crippen LogP contribution in [0.5, 0.6) is 0 Å². The highest BCUT2D eigenvalue weighted by Gasteiger charge is 2.07. The summed E-state index contributed by atoms with van der Waals surface area (Å²) in [6.07, 6.45) is 0.353. The first kappa shape index (κ1) is 16.7. The topological polar surface area (TPSA) is 58.2 Å². The van der Waals surface area contributed by atoms with Crippen molar-refractivity contribution in [2.75, 3.05) is 5.32 Å². The van der Waals surface area contributed by atoms with Gasteiger partial charge in [-0.15, -0.1) is 0 Å². The summed E-state index contributed by atoms with van der Waals surface area (Å²) in [5.74, 6) is -0.113. The molecule has 0 atom stereocenters. The van der Waals surface area contributed by atoms with Crippen molar-refractivity contribution in [1.29, 1.82) is 0 Å². The summed E-state index contributed by atoms with van der Waals surface area (Å²) in [5, 5.41) is 7.92. The highest BCUT2D eigenvalue weighted by atomic mass is 16.2. The van der Waals surface area contributed by atoms with Crippen LogP contribution in [0.3, 0.4) is 0 Å². The maximum absolute atomic E-state index is 12.3. The molecule has 0 heterocycles. The third kappa shape index (κ3) is 4.44. The summed E-state index contributed by atoms with van der Waals surface area (Å²) in [6.45, 7) is 1.94. The predicted octanol–water partition coefficient (Wildman–Crippen LogP) is 3.66. The smallest absolute Gasteiger partial charge is 0.224 e. The lowest BCUT2D eigenvalue weighted by Gasteiger charge is -2.09. The Labute approximate surface area is 146 Å². The van der Waals surface area contributed by atoms with E-state index >= 15 is 0 Å². The van der Waals surface area contributed by atoms with Crippen molar-refractivity contribution >= 4 is 28.3 Å². The third-order valence-electron chi connectivity index (χ3n) is 3.99. The number of fused-ring (bicyclic) bond motifs is 1. The second kappa shape index (κ2) is 7.62. The molecular weight excluding hydrogens is 312 g/mol. The molecule has 3 aromatic carbocycles. The Morgan fingerprint density at radius 3 is 2.36 bits per heavy atom. The molecule has 2 amide bonds. The van der Waals surface area contributed by atoms with Gasteiger partial charge in [-0.25, -0.2) is 0 Å². The molecule has 3 rings (SSSR count). The van der Waals surface area contributed by atoms with Crippen molar-refractivity contribution in [3.8, 4) is 0 Å². The zero-order valence-corrected chi connectivity index (χ0v) is 14.1. The average molecular weight is 332 g/mol. The van der Waals surface area contributed by atoms with E-state index in [0.717, 1.165) is 27.6 Å². The van der Waals surface area contributed by atoms with Crippen molar-refractivity contribution in [3.63, 3.8) is 0 Å². The largest absolute Gasteiger partial charge is 0.352 e. The van der Waals surface area contributed by atoms with Crippen LogP contribution in [-0.2, 0) is 22.6 Å². The van der Waals surface area contributed by atoms with Gasteiger partial charge >= 0.3 is 0 Å². The zero-order chi connectivity index (χ0) is 17.6. The molecule has 25 heavy (non-hydrogen) atoms. The number of nitrogens with one attached hydrogen (secondary N) is 2. The molecule has 0 aromatic heterocycles. The molecule has 4 nitrogen and oxygen atoms in total. The Bertz CT molecular complexity index is 896. The van der Waals surface area contributed by atoms with Crippen molar-refractivity contribution in [2.24, 2.45) is 0 Å². The molecule has 2 N–H and O–H groups in total. The van der Waals surface area contributed by atoms with Gasteiger partial charge in [0, 0.05) is 19.2 Å². The fourth-order valence-electron chi connectivity index (χ4n) is 2.79. The molecule has 3 aromatic rings. The van der Waals surface area contributed by atoms with E-state index in [1.54, 1.807) is 0 Å². The molecule has 126 valence electrons. The number of benzene rings is 3. The summed E-state index contributed by atoms with van der Waals surface area (Å²) in [6, 6.07) is 21.5. The van der Waals surface area contributed by atoms with E-state index in [1.807, 2.05) is 66.7 Å². The molecule has 0 saturated carbocycles. The van der Waals surface area contributed by atoms with E-state index in [1.165, 1.54) is 6.92 Å². The lowest BCUT2D eigenvalue weighted by Crippen LogP contribution is -2.24. The highest BCUT2D eigenvalue weighted by molar-refractivity contribution is 5.90. The minimum atomic E-state index is -0.101. The maximum atomic E-state index is 12.3. The number of rotatable bonds is 5. The highest BCUT2D eigenvalue weighted by Crippen LogP contribution is 2.19. The summed E-state index contributed by atoms with van der Waals surface area (Å²) in [7, 11) is 0. The SMILES string of the molecule is CC(=O)Nc1ccc(CNC(=O)Cc2cccc3ccccc23)cc1. The molecule has 0 saturated heterocycles. The molecule has 0 unspecified atom stereocenters. The second-order valence-electron chi connectivity index (χ2n) is 5.97. The van der Waals surface area contributed by atoms with Gasteiger partial charge in [-0.05, 0) is 34.0 Å². The number of hydrogen-bond acceptors (Lipinski definition) is 2. The van der Waals surface area contributed by atoms with Gasteiger partial charge in [0.25, 0.3) is 0 Å². The average Bonchev–Trinajstić information content (AvgIpc) is 2.61. The molecule has 0 bridgehead atoms. The Hall–Kier alpha value is -3.14. The normalized spacial score (nSPS) is 10.4. The molecule has 0 aliphatic heterocycles. The van der Waals surface area contributed by atoms with Gasteiger partial charge in [0.2, 0.25) is 11.8 Å². The molecule has 0 aliphatic carbocycles. The lowest BCUT2D eigenvalue weighted by molar-refractivity contribution is -0.120. The van der Waals surface area contributed by atoms with Crippen LogP contribution in [0, 0.1) is 0 Å². The standard InChI is InChI=1S/C21H20N2O2/c1-15(24)23-19-11-9-16(10-12-19)14-22-21(25)13-18-7-4-6-17-5-2-3-8-20(17)18/h2-12H,13-14H2,1H3,(H,22,25)(H,23,24). The van der Waals surface area contributed by atoms with E-state index < -0.39 is 0 Å². The molecular formula is C21H20N2O2. The first-order valence-corrected chi connectivity index (χ1v) is 8.22. The van der Waals surface area contributed by atoms with Crippen LogP contribution in [-0.4, -0.2) is 11.8 Å². The molecule has 0 aliphatic rings. The van der Waals surface area contributed by atoms with E-state index in [4.69, 9.17) is 0 Å². The molecule has 4 heteroatoms. The molecule has 0 radical (unpaired) electrons. The number of amides is 2. The fraction of sp³-hybridized carbons (Fsp3) is 0.143. The van der Waals surface area contributed by atoms with Crippen molar-refractivity contribution in [3.05, 3.63) is 77.9 Å². The third-order valence-corrected chi connectivity index (χ3v) is 3.99. The van der Waals surface area contributed by atoms with Crippen LogP contribution in [0.15, 0.2) is 66.7 Å². The van der Waals surface area contributed by atoms with Crippen molar-refractivity contribution in [1.82, 2.24) is 5.32 Å². The van der Waals surface area contributed by atoms with Gasteiger partial charge in [0.1, 0.15) is 0 Å². The lowest BCUT2D eigenvalue weighted by atomic mass is 10.0. The summed E-state index contributed by atoms with van der Waals surface area (Å²) in [5.41, 5.74) is 2.76. The maximum Gasteiger partial charge on any atom is 0.224 e. The Morgan fingerprint density at radius 1 is 0.880 bits per heavy atom. The van der Waals surface area contributed by atoms with Crippen LogP contribution in [0.25, 0.3) is 10.8 Å². The van der Waals surface area contributed by atoms with Crippen LogP contribution >= 0.6 is 0 Å². The minimum absolute atomic E-state index is 0.0118. The van der Waals surface area contributed by atoms with Gasteiger partial charge < -0.3 is 10.6 Å². The zero-order valence-electron chi connectivity index (χ0n) is 14.1. The van der Waals surface area contributed by atoms with Crippen LogP contribution < -0.4 is 10.6 Å². The summed E-state index contributed by atoms with van der Waals surface area (Å²) < 4.78 is 0. The predicted molar refractivity (Wildman–Crippen MR) is 100 cm³/mol. The van der Waals surface area contributed by atoms with E-state index in [2.05, 4.69) is 10.6 Å². The van der Waals surface area contributed by atoms with E-state index in [0.29, 0.717) is 13.0 Å². The Balaban J connectivity index is 1.60.